The number of carbonyl (C=O) groups excluding carboxylic acids is 2. The van der Waals surface area contributed by atoms with Gasteiger partial charge in [-0.1, -0.05) is 39.7 Å². The van der Waals surface area contributed by atoms with Crippen LogP contribution in [0, 0.1) is 11.8 Å². The van der Waals surface area contributed by atoms with Gasteiger partial charge >= 0.3 is 6.03 Å². The summed E-state index contributed by atoms with van der Waals surface area (Å²) in [5.41, 5.74) is 1.04. The summed E-state index contributed by atoms with van der Waals surface area (Å²) in [6.45, 7) is 9.88. The monoisotopic (exact) mass is 460 g/mol. The van der Waals surface area contributed by atoms with Gasteiger partial charge in [-0.05, 0) is 37.2 Å². The van der Waals surface area contributed by atoms with E-state index in [2.05, 4.69) is 17.6 Å². The van der Waals surface area contributed by atoms with E-state index in [1.165, 1.54) is 0 Å². The van der Waals surface area contributed by atoms with Crippen molar-refractivity contribution in [1.82, 2.24) is 20.1 Å². The third-order valence-electron chi connectivity index (χ3n) is 6.95. The summed E-state index contributed by atoms with van der Waals surface area (Å²) in [7, 11) is 0. The van der Waals surface area contributed by atoms with Gasteiger partial charge in [0.25, 0.3) is 5.56 Å². The van der Waals surface area contributed by atoms with Gasteiger partial charge in [0, 0.05) is 57.1 Å². The van der Waals surface area contributed by atoms with Crippen molar-refractivity contribution < 1.29 is 14.3 Å². The fourth-order valence-corrected chi connectivity index (χ4v) is 4.83. The van der Waals surface area contributed by atoms with E-state index < -0.39 is 6.04 Å². The molecule has 4 atom stereocenters. The Balaban J connectivity index is 1.55. The Bertz CT molecular complexity index is 855. The molecule has 0 saturated carbocycles. The van der Waals surface area contributed by atoms with Gasteiger partial charge < -0.3 is 24.8 Å². The smallest absolute Gasteiger partial charge is 0.318 e. The van der Waals surface area contributed by atoms with Gasteiger partial charge in [0.15, 0.2) is 0 Å². The highest BCUT2D eigenvalue weighted by Gasteiger charge is 2.37. The number of aromatic nitrogens is 1. The van der Waals surface area contributed by atoms with Crippen molar-refractivity contribution in [3.8, 4) is 0 Å². The molecule has 8 heteroatoms. The average Bonchev–Trinajstić information content (AvgIpc) is 2.81. The van der Waals surface area contributed by atoms with E-state index in [-0.39, 0.29) is 35.3 Å². The fourth-order valence-electron chi connectivity index (χ4n) is 4.83. The van der Waals surface area contributed by atoms with Crippen LogP contribution in [0.3, 0.4) is 0 Å². The molecule has 33 heavy (non-hydrogen) atoms. The second-order valence-electron chi connectivity index (χ2n) is 9.53. The molecule has 0 spiro atoms. The zero-order chi connectivity index (χ0) is 23.8. The Morgan fingerprint density at radius 3 is 2.70 bits per heavy atom. The Morgan fingerprint density at radius 2 is 1.94 bits per heavy atom. The lowest BCUT2D eigenvalue weighted by Gasteiger charge is -2.43. The van der Waals surface area contributed by atoms with Crippen molar-refractivity contribution in [2.24, 2.45) is 11.8 Å². The SMILES string of the molecule is CCCCOCCCNC(=O)[C@@H](NC(=O)N1C[C@H]2C[C@@H](C1)c1cccc(=O)n1C2)[C@H](C)CC. The van der Waals surface area contributed by atoms with E-state index in [4.69, 9.17) is 4.74 Å². The number of nitrogens with one attached hydrogen (secondary N) is 2. The third-order valence-corrected chi connectivity index (χ3v) is 6.95. The van der Waals surface area contributed by atoms with Crippen LogP contribution >= 0.6 is 0 Å². The van der Waals surface area contributed by atoms with Crippen LogP contribution in [0.1, 0.15) is 64.5 Å². The van der Waals surface area contributed by atoms with Crippen LogP contribution in [0.15, 0.2) is 23.0 Å². The number of hydrogen-bond donors (Lipinski definition) is 2. The second-order valence-corrected chi connectivity index (χ2v) is 9.53. The maximum atomic E-state index is 13.2. The maximum absolute atomic E-state index is 13.2. The first-order valence-electron chi connectivity index (χ1n) is 12.5. The van der Waals surface area contributed by atoms with E-state index in [0.29, 0.717) is 32.8 Å². The van der Waals surface area contributed by atoms with Gasteiger partial charge in [-0.25, -0.2) is 4.79 Å². The largest absolute Gasteiger partial charge is 0.381 e. The molecule has 1 aromatic rings. The van der Waals surface area contributed by atoms with Crippen LogP contribution in [0.4, 0.5) is 4.79 Å². The number of ether oxygens (including phenoxy) is 1. The molecule has 0 unspecified atom stereocenters. The van der Waals surface area contributed by atoms with E-state index in [0.717, 1.165) is 44.4 Å². The minimum atomic E-state index is -0.569. The summed E-state index contributed by atoms with van der Waals surface area (Å²) in [6.07, 6.45) is 4.69. The molecule has 184 valence electrons. The number of urea groups is 1. The summed E-state index contributed by atoms with van der Waals surface area (Å²) < 4.78 is 7.41. The number of carbonyl (C=O) groups is 2. The molecule has 0 aliphatic carbocycles. The summed E-state index contributed by atoms with van der Waals surface area (Å²) in [5, 5.41) is 5.97. The maximum Gasteiger partial charge on any atom is 0.318 e. The quantitative estimate of drug-likeness (QED) is 0.497. The van der Waals surface area contributed by atoms with Crippen molar-refractivity contribution in [3.05, 3.63) is 34.2 Å². The van der Waals surface area contributed by atoms with Crippen molar-refractivity contribution in [3.63, 3.8) is 0 Å². The normalized spacial score (nSPS) is 21.1. The zero-order valence-corrected chi connectivity index (χ0v) is 20.3. The molecule has 2 aliphatic heterocycles. The third kappa shape index (κ3) is 6.59. The van der Waals surface area contributed by atoms with E-state index >= 15 is 0 Å². The number of hydrogen-bond acceptors (Lipinski definition) is 4. The van der Waals surface area contributed by atoms with Crippen LogP contribution in [0.25, 0.3) is 0 Å². The molecule has 3 heterocycles. The van der Waals surface area contributed by atoms with Crippen LogP contribution in [0.5, 0.6) is 0 Å². The van der Waals surface area contributed by atoms with Gasteiger partial charge in [-0.2, -0.15) is 0 Å². The molecule has 3 rings (SSSR count). The molecule has 3 amide bonds. The van der Waals surface area contributed by atoms with Gasteiger partial charge in [0.2, 0.25) is 5.91 Å². The lowest BCUT2D eigenvalue weighted by atomic mass is 9.83. The van der Waals surface area contributed by atoms with E-state index in [1.54, 1.807) is 12.1 Å². The number of pyridine rings is 1. The standard InChI is InChI=1S/C25H40N4O4/c1-4-6-12-33-13-8-11-26-24(31)23(18(3)5-2)27-25(32)28-15-19-14-20(17-28)21-9-7-10-22(30)29(21)16-19/h7,9-10,18-20,23H,4-6,8,11-17H2,1-3H3,(H,26,31)(H,27,32)/t18-,19-,20+,23+/m1/s1. The summed E-state index contributed by atoms with van der Waals surface area (Å²) in [5.74, 6) is 0.296. The summed E-state index contributed by atoms with van der Waals surface area (Å²) in [4.78, 5) is 40.1. The minimum absolute atomic E-state index is 0.0262. The lowest BCUT2D eigenvalue weighted by Crippen LogP contribution is -2.57. The highest BCUT2D eigenvalue weighted by molar-refractivity contribution is 5.87. The zero-order valence-electron chi connectivity index (χ0n) is 20.3. The number of likely N-dealkylation sites (tertiary alicyclic amines) is 1. The Kier molecular flexibility index (Phi) is 9.35. The van der Waals surface area contributed by atoms with E-state index in [9.17, 15) is 14.4 Å². The topological polar surface area (TPSA) is 92.7 Å². The van der Waals surface area contributed by atoms with Crippen molar-refractivity contribution >= 4 is 11.9 Å². The van der Waals surface area contributed by atoms with Crippen molar-refractivity contribution in [1.29, 1.82) is 0 Å². The van der Waals surface area contributed by atoms with Gasteiger partial charge in [0.05, 0.1) is 0 Å². The first-order chi connectivity index (χ1) is 15.9. The Morgan fingerprint density at radius 1 is 1.15 bits per heavy atom. The molecule has 2 bridgehead atoms. The number of unbranched alkanes of at least 4 members (excludes halogenated alkanes) is 1. The molecule has 1 saturated heterocycles. The van der Waals surface area contributed by atoms with Crippen molar-refractivity contribution in [2.45, 2.75) is 71.4 Å². The number of nitrogens with zero attached hydrogens (tertiary/aromatic N) is 2. The van der Waals surface area contributed by atoms with Gasteiger partial charge in [-0.15, -0.1) is 0 Å². The predicted octanol–water partition coefficient (Wildman–Crippen LogP) is 2.71. The first kappa shape index (κ1) is 25.3. The minimum Gasteiger partial charge on any atom is -0.381 e. The number of amides is 3. The van der Waals surface area contributed by atoms with E-state index in [1.807, 2.05) is 29.4 Å². The van der Waals surface area contributed by atoms with Crippen LogP contribution in [-0.2, 0) is 16.1 Å². The number of piperidine rings is 1. The first-order valence-corrected chi connectivity index (χ1v) is 12.5. The molecule has 0 aromatic carbocycles. The van der Waals surface area contributed by atoms with Gasteiger partial charge in [-0.3, -0.25) is 9.59 Å². The Labute approximate surface area is 197 Å². The second kappa shape index (κ2) is 12.2. The summed E-state index contributed by atoms with van der Waals surface area (Å²) in [6, 6.07) is 4.62. The van der Waals surface area contributed by atoms with Gasteiger partial charge in [0.1, 0.15) is 6.04 Å². The Hall–Kier alpha value is -2.35. The fraction of sp³-hybridized carbons (Fsp3) is 0.720. The molecule has 1 fully saturated rings. The highest BCUT2D eigenvalue weighted by atomic mass is 16.5. The predicted molar refractivity (Wildman–Crippen MR) is 128 cm³/mol. The van der Waals surface area contributed by atoms with Crippen LogP contribution in [-0.4, -0.2) is 60.3 Å². The molecular formula is C25H40N4O4. The van der Waals surface area contributed by atoms with Crippen LogP contribution < -0.4 is 16.2 Å². The molecule has 8 nitrogen and oxygen atoms in total. The van der Waals surface area contributed by atoms with Crippen LogP contribution in [0.2, 0.25) is 0 Å². The summed E-state index contributed by atoms with van der Waals surface area (Å²) >= 11 is 0. The highest BCUT2D eigenvalue weighted by Crippen LogP contribution is 2.34. The number of fused-ring (bicyclic) bond motifs is 4. The van der Waals surface area contributed by atoms with Crippen molar-refractivity contribution in [2.75, 3.05) is 32.8 Å². The molecule has 0 radical (unpaired) electrons. The average molecular weight is 461 g/mol. The molecule has 2 aliphatic rings. The lowest BCUT2D eigenvalue weighted by molar-refractivity contribution is -0.124. The molecule has 1 aromatic heterocycles. The number of rotatable bonds is 11. The molecule has 2 N–H and O–H groups in total. The molecular weight excluding hydrogens is 420 g/mol.